The maximum atomic E-state index is 14.1. The van der Waals surface area contributed by atoms with Crippen LogP contribution in [0, 0.1) is 0 Å². The van der Waals surface area contributed by atoms with Crippen LogP contribution in [0.3, 0.4) is 0 Å². The minimum atomic E-state index is -0.685. The normalized spacial score (nSPS) is 15.0. The molecule has 3 aromatic carbocycles. The van der Waals surface area contributed by atoms with E-state index in [4.69, 9.17) is 26.1 Å². The van der Waals surface area contributed by atoms with Gasteiger partial charge in [-0.05, 0) is 62.2 Å². The van der Waals surface area contributed by atoms with E-state index in [9.17, 15) is 9.59 Å². The van der Waals surface area contributed by atoms with Gasteiger partial charge in [0.1, 0.15) is 5.75 Å². The van der Waals surface area contributed by atoms with Crippen LogP contribution in [0.15, 0.2) is 100 Å². The quantitative estimate of drug-likeness (QED) is 0.206. The average Bonchev–Trinajstić information content (AvgIpc) is 3.50. The predicted octanol–water partition coefficient (Wildman–Crippen LogP) is 5.85. The topological polar surface area (TPSA) is 74.8 Å². The maximum Gasteiger partial charge on any atom is 0.338 e. The van der Waals surface area contributed by atoms with Crippen molar-refractivity contribution >= 4 is 45.9 Å². The first-order chi connectivity index (χ1) is 20.9. The van der Waals surface area contributed by atoms with E-state index >= 15 is 0 Å². The summed E-state index contributed by atoms with van der Waals surface area (Å²) in [6.07, 6.45) is 3.96. The molecule has 43 heavy (non-hydrogen) atoms. The van der Waals surface area contributed by atoms with E-state index in [0.29, 0.717) is 44.5 Å². The Balaban J connectivity index is 1.50. The van der Waals surface area contributed by atoms with Crippen LogP contribution in [0.25, 0.3) is 17.0 Å². The monoisotopic (exact) mass is 611 g/mol. The van der Waals surface area contributed by atoms with Gasteiger partial charge in [-0.25, -0.2) is 9.79 Å². The number of thiazole rings is 1. The maximum absolute atomic E-state index is 14.1. The van der Waals surface area contributed by atoms with Crippen molar-refractivity contribution in [1.29, 1.82) is 0 Å². The number of fused-ring (bicyclic) bond motifs is 2. The number of allylic oxidation sites excluding steroid dienone is 1. The molecule has 0 spiro atoms. The van der Waals surface area contributed by atoms with Crippen LogP contribution >= 0.6 is 22.9 Å². The van der Waals surface area contributed by atoms with Crippen LogP contribution in [0.2, 0.25) is 5.02 Å². The molecule has 218 valence electrons. The minimum Gasteiger partial charge on any atom is -0.494 e. The van der Waals surface area contributed by atoms with Crippen LogP contribution in [0.4, 0.5) is 0 Å². The molecule has 0 saturated heterocycles. The van der Waals surface area contributed by atoms with Gasteiger partial charge in [0, 0.05) is 34.2 Å². The third-order valence-electron chi connectivity index (χ3n) is 7.43. The van der Waals surface area contributed by atoms with E-state index in [1.807, 2.05) is 85.9 Å². The molecule has 6 rings (SSSR count). The third kappa shape index (κ3) is 5.44. The summed E-state index contributed by atoms with van der Waals surface area (Å²) < 4.78 is 15.3. The highest BCUT2D eigenvalue weighted by molar-refractivity contribution is 7.07. The lowest BCUT2D eigenvalue weighted by Gasteiger charge is -2.24. The Morgan fingerprint density at radius 1 is 1.02 bits per heavy atom. The Morgan fingerprint density at radius 2 is 1.77 bits per heavy atom. The molecule has 7 nitrogen and oxygen atoms in total. The molecule has 0 bridgehead atoms. The van der Waals surface area contributed by atoms with Crippen molar-refractivity contribution in [3.63, 3.8) is 0 Å². The highest BCUT2D eigenvalue weighted by Gasteiger charge is 2.33. The molecule has 0 fully saturated rings. The number of para-hydroxylation sites is 1. The van der Waals surface area contributed by atoms with Crippen molar-refractivity contribution < 1.29 is 14.3 Å². The van der Waals surface area contributed by atoms with Crippen molar-refractivity contribution in [3.05, 3.63) is 132 Å². The molecule has 0 aliphatic carbocycles. The number of esters is 1. The summed E-state index contributed by atoms with van der Waals surface area (Å²) in [5.74, 6) is 0.227. The van der Waals surface area contributed by atoms with E-state index in [-0.39, 0.29) is 12.2 Å². The molecule has 1 atom stereocenters. The van der Waals surface area contributed by atoms with Crippen molar-refractivity contribution in [3.8, 4) is 5.75 Å². The number of ether oxygens (including phenoxy) is 2. The van der Waals surface area contributed by atoms with Crippen LogP contribution in [-0.2, 0) is 16.1 Å². The number of carbonyl (C=O) groups is 1. The molecule has 2 aromatic heterocycles. The lowest BCUT2D eigenvalue weighted by Crippen LogP contribution is -2.39. The second kappa shape index (κ2) is 12.1. The number of rotatable bonds is 8. The van der Waals surface area contributed by atoms with E-state index in [1.54, 1.807) is 18.4 Å². The molecule has 1 unspecified atom stereocenters. The highest BCUT2D eigenvalue weighted by atomic mass is 35.5. The molecule has 0 radical (unpaired) electrons. The Hall–Kier alpha value is -4.40. The lowest BCUT2D eigenvalue weighted by atomic mass is 9.96. The van der Waals surface area contributed by atoms with Gasteiger partial charge < -0.3 is 14.0 Å². The minimum absolute atomic E-state index is 0.217. The summed E-state index contributed by atoms with van der Waals surface area (Å²) in [5, 5.41) is 1.73. The van der Waals surface area contributed by atoms with Crippen molar-refractivity contribution in [2.75, 3.05) is 13.2 Å². The van der Waals surface area contributed by atoms with Crippen LogP contribution < -0.4 is 19.6 Å². The van der Waals surface area contributed by atoms with Crippen molar-refractivity contribution in [1.82, 2.24) is 9.13 Å². The van der Waals surface area contributed by atoms with Gasteiger partial charge in [0.15, 0.2) is 4.80 Å². The summed E-state index contributed by atoms with van der Waals surface area (Å²) in [7, 11) is 0. The number of carbonyl (C=O) groups excluding carboxylic acids is 1. The van der Waals surface area contributed by atoms with Gasteiger partial charge in [-0.1, -0.05) is 71.5 Å². The number of aromatic nitrogens is 2. The fourth-order valence-electron chi connectivity index (χ4n) is 5.49. The molecule has 5 aromatic rings. The fourth-order valence-corrected chi connectivity index (χ4v) is 6.73. The second-order valence-corrected chi connectivity index (χ2v) is 11.5. The van der Waals surface area contributed by atoms with Gasteiger partial charge >= 0.3 is 5.97 Å². The molecule has 1 aliphatic heterocycles. The SMILES string of the molecule is CCOC(=O)C1=C(C)N=c2sc(=Cc3cn(Cc4ccccc4Cl)c4ccccc34)c(=O)n2C1c1ccc(OCC)cc1. The van der Waals surface area contributed by atoms with Gasteiger partial charge in [0.25, 0.3) is 5.56 Å². The molecular formula is C34H30ClN3O4S. The van der Waals surface area contributed by atoms with Crippen LogP contribution in [-0.4, -0.2) is 28.3 Å². The highest BCUT2D eigenvalue weighted by Crippen LogP contribution is 2.32. The predicted molar refractivity (Wildman–Crippen MR) is 171 cm³/mol. The Morgan fingerprint density at radius 3 is 2.51 bits per heavy atom. The number of nitrogens with zero attached hydrogens (tertiary/aromatic N) is 3. The molecule has 0 saturated carbocycles. The molecule has 3 heterocycles. The first kappa shape index (κ1) is 28.7. The molecular weight excluding hydrogens is 582 g/mol. The van der Waals surface area contributed by atoms with Crippen molar-refractivity contribution in [2.24, 2.45) is 4.99 Å². The zero-order valence-corrected chi connectivity index (χ0v) is 25.6. The number of hydrogen-bond donors (Lipinski definition) is 0. The second-order valence-electron chi connectivity index (χ2n) is 10.1. The van der Waals surface area contributed by atoms with E-state index in [0.717, 1.165) is 27.6 Å². The standard InChI is InChI=1S/C34H30ClN3O4S/c1-4-41-25-16-14-22(15-17-25)31-30(33(40)42-5-2)21(3)36-34-38(31)32(39)29(43-34)18-24-20-37(28-13-9-7-11-26(24)28)19-23-10-6-8-12-27(23)35/h6-18,20,31H,4-5,19H2,1-3H3. The van der Waals surface area contributed by atoms with E-state index in [2.05, 4.69) is 10.6 Å². The Bertz CT molecular complexity index is 2050. The first-order valence-electron chi connectivity index (χ1n) is 14.1. The van der Waals surface area contributed by atoms with Gasteiger partial charge in [0.05, 0.1) is 35.1 Å². The summed E-state index contributed by atoms with van der Waals surface area (Å²) in [5.41, 5.74) is 4.38. The van der Waals surface area contributed by atoms with Gasteiger partial charge in [-0.3, -0.25) is 9.36 Å². The Labute approximate surface area is 257 Å². The van der Waals surface area contributed by atoms with Crippen molar-refractivity contribution in [2.45, 2.75) is 33.4 Å². The zero-order chi connectivity index (χ0) is 30.1. The summed E-state index contributed by atoms with van der Waals surface area (Å²) in [6.45, 7) is 6.82. The average molecular weight is 612 g/mol. The van der Waals surface area contributed by atoms with Gasteiger partial charge in [-0.2, -0.15) is 0 Å². The molecule has 0 amide bonds. The lowest BCUT2D eigenvalue weighted by molar-refractivity contribution is -0.139. The van der Waals surface area contributed by atoms with Gasteiger partial charge in [-0.15, -0.1) is 0 Å². The largest absolute Gasteiger partial charge is 0.494 e. The smallest absolute Gasteiger partial charge is 0.338 e. The first-order valence-corrected chi connectivity index (χ1v) is 15.3. The van der Waals surface area contributed by atoms with Gasteiger partial charge in [0.2, 0.25) is 0 Å². The summed E-state index contributed by atoms with van der Waals surface area (Å²) in [6, 6.07) is 22.7. The summed E-state index contributed by atoms with van der Waals surface area (Å²) in [4.78, 5) is 32.6. The van der Waals surface area contributed by atoms with E-state index in [1.165, 1.54) is 11.3 Å². The summed E-state index contributed by atoms with van der Waals surface area (Å²) >= 11 is 7.79. The third-order valence-corrected chi connectivity index (χ3v) is 8.78. The Kier molecular flexibility index (Phi) is 8.06. The van der Waals surface area contributed by atoms with E-state index < -0.39 is 12.0 Å². The zero-order valence-electron chi connectivity index (χ0n) is 24.0. The van der Waals surface area contributed by atoms with Crippen LogP contribution in [0.1, 0.15) is 43.5 Å². The molecule has 9 heteroatoms. The number of benzene rings is 3. The number of halogens is 1. The molecule has 0 N–H and O–H groups in total. The number of hydrogen-bond acceptors (Lipinski definition) is 6. The molecule has 1 aliphatic rings. The fraction of sp³-hybridized carbons (Fsp3) is 0.206. The van der Waals surface area contributed by atoms with Crippen LogP contribution in [0.5, 0.6) is 5.75 Å².